The molecule has 0 radical (unpaired) electrons. The number of carbonyl (C=O) groups is 1. The van der Waals surface area contributed by atoms with E-state index in [0.29, 0.717) is 16.5 Å². The Bertz CT molecular complexity index is 1130. The highest BCUT2D eigenvalue weighted by molar-refractivity contribution is 6.35. The van der Waals surface area contributed by atoms with Crippen molar-refractivity contribution in [1.29, 1.82) is 0 Å². The van der Waals surface area contributed by atoms with Gasteiger partial charge in [-0.2, -0.15) is 0 Å². The monoisotopic (exact) mass is 480 g/mol. The number of nitro benzene ring substituents is 1. The summed E-state index contributed by atoms with van der Waals surface area (Å²) >= 11 is 17.9. The summed E-state index contributed by atoms with van der Waals surface area (Å²) < 4.78 is 5.62. The molecule has 1 unspecified atom stereocenters. The van der Waals surface area contributed by atoms with Crippen molar-refractivity contribution in [1.82, 2.24) is 4.98 Å². The molecule has 0 saturated carbocycles. The molecule has 0 spiro atoms. The van der Waals surface area contributed by atoms with Gasteiger partial charge in [-0.1, -0.05) is 34.8 Å². The van der Waals surface area contributed by atoms with Gasteiger partial charge in [0.15, 0.2) is 0 Å². The van der Waals surface area contributed by atoms with Gasteiger partial charge in [0, 0.05) is 24.0 Å². The first-order valence-corrected chi connectivity index (χ1v) is 9.96. The van der Waals surface area contributed by atoms with E-state index in [9.17, 15) is 14.9 Å². The quantitative estimate of drug-likeness (QED) is 0.308. The molecule has 0 fully saturated rings. The number of pyridine rings is 1. The van der Waals surface area contributed by atoms with E-state index in [1.54, 1.807) is 31.2 Å². The lowest BCUT2D eigenvalue weighted by atomic mass is 10.2. The van der Waals surface area contributed by atoms with Crippen LogP contribution in [0.25, 0.3) is 0 Å². The van der Waals surface area contributed by atoms with E-state index in [1.165, 1.54) is 30.5 Å². The molecule has 2 aromatic carbocycles. The van der Waals surface area contributed by atoms with Crippen LogP contribution in [0.3, 0.4) is 0 Å². The van der Waals surface area contributed by atoms with Crippen molar-refractivity contribution in [3.63, 3.8) is 0 Å². The number of rotatable bonds is 7. The number of nitro groups is 1. The van der Waals surface area contributed by atoms with Crippen LogP contribution >= 0.6 is 34.8 Å². The van der Waals surface area contributed by atoms with Gasteiger partial charge in [0.1, 0.15) is 16.8 Å². The average Bonchev–Trinajstić information content (AvgIpc) is 2.72. The number of nitrogens with one attached hydrogen (secondary N) is 2. The summed E-state index contributed by atoms with van der Waals surface area (Å²) in [6, 6.07) is 11.6. The van der Waals surface area contributed by atoms with Crippen LogP contribution in [0.15, 0.2) is 54.7 Å². The first-order valence-electron chi connectivity index (χ1n) is 8.83. The fourth-order valence-corrected chi connectivity index (χ4v) is 3.12. The number of benzene rings is 2. The molecule has 1 atom stereocenters. The van der Waals surface area contributed by atoms with E-state index >= 15 is 0 Å². The number of hydrogen-bond donors (Lipinski definition) is 2. The Balaban J connectivity index is 1.60. The summed E-state index contributed by atoms with van der Waals surface area (Å²) in [5.74, 6) is 0.352. The first kappa shape index (κ1) is 22.6. The number of ether oxygens (including phenoxy) is 1. The standard InChI is InChI=1S/C20H15Cl3N4O4/c1-11(19(28)26-18-7-4-14(27(29)30)9-16(18)22)25-13-2-5-15(6-3-13)31-20-17(23)8-12(21)10-24-20/h2-11,25H,1H3,(H,26,28). The van der Waals surface area contributed by atoms with Crippen molar-refractivity contribution in [3.05, 3.63) is 79.9 Å². The maximum atomic E-state index is 12.4. The average molecular weight is 482 g/mol. The summed E-state index contributed by atoms with van der Waals surface area (Å²) in [4.78, 5) is 26.7. The predicted octanol–water partition coefficient (Wildman–Crippen LogP) is 6.18. The summed E-state index contributed by atoms with van der Waals surface area (Å²) in [5, 5.41) is 17.2. The molecule has 0 aliphatic rings. The van der Waals surface area contributed by atoms with E-state index in [1.807, 2.05) is 0 Å². The largest absolute Gasteiger partial charge is 0.438 e. The van der Waals surface area contributed by atoms with Gasteiger partial charge < -0.3 is 15.4 Å². The molecule has 160 valence electrons. The zero-order valence-electron chi connectivity index (χ0n) is 15.9. The van der Waals surface area contributed by atoms with Crippen LogP contribution in [0.5, 0.6) is 11.6 Å². The maximum Gasteiger partial charge on any atom is 0.271 e. The van der Waals surface area contributed by atoms with Crippen molar-refractivity contribution in [2.24, 2.45) is 0 Å². The third-order valence-corrected chi connectivity index (χ3v) is 4.83. The maximum absolute atomic E-state index is 12.4. The molecule has 0 aliphatic carbocycles. The van der Waals surface area contributed by atoms with Crippen molar-refractivity contribution < 1.29 is 14.5 Å². The second-order valence-corrected chi connectivity index (χ2v) is 7.59. The van der Waals surface area contributed by atoms with E-state index < -0.39 is 11.0 Å². The summed E-state index contributed by atoms with van der Waals surface area (Å²) in [6.45, 7) is 1.66. The SMILES string of the molecule is CC(Nc1ccc(Oc2ncc(Cl)cc2Cl)cc1)C(=O)Nc1ccc([N+](=O)[O-])cc1Cl. The summed E-state index contributed by atoms with van der Waals surface area (Å²) in [5.41, 5.74) is 0.786. The molecule has 0 bridgehead atoms. The zero-order valence-corrected chi connectivity index (χ0v) is 18.2. The van der Waals surface area contributed by atoms with Crippen LogP contribution in [-0.2, 0) is 4.79 Å². The van der Waals surface area contributed by atoms with Gasteiger partial charge in [-0.3, -0.25) is 14.9 Å². The van der Waals surface area contributed by atoms with Gasteiger partial charge >= 0.3 is 0 Å². The third kappa shape index (κ3) is 5.97. The Labute approximate surface area is 192 Å². The lowest BCUT2D eigenvalue weighted by molar-refractivity contribution is -0.384. The minimum Gasteiger partial charge on any atom is -0.438 e. The minimum atomic E-state index is -0.620. The molecular formula is C20H15Cl3N4O4. The van der Waals surface area contributed by atoms with Crippen LogP contribution in [0.2, 0.25) is 15.1 Å². The highest BCUT2D eigenvalue weighted by Gasteiger charge is 2.16. The Morgan fingerprint density at radius 2 is 1.81 bits per heavy atom. The highest BCUT2D eigenvalue weighted by Crippen LogP contribution is 2.30. The topological polar surface area (TPSA) is 106 Å². The molecule has 0 saturated heterocycles. The molecule has 1 heterocycles. The van der Waals surface area contributed by atoms with Gasteiger partial charge in [0.25, 0.3) is 5.69 Å². The lowest BCUT2D eigenvalue weighted by Gasteiger charge is -2.16. The molecule has 11 heteroatoms. The Hall–Kier alpha value is -3.07. The van der Waals surface area contributed by atoms with Gasteiger partial charge in [-0.15, -0.1) is 0 Å². The fourth-order valence-electron chi connectivity index (χ4n) is 2.48. The van der Waals surface area contributed by atoms with Crippen LogP contribution in [0, 0.1) is 10.1 Å². The molecule has 3 aromatic rings. The van der Waals surface area contributed by atoms with Gasteiger partial charge in [0.05, 0.1) is 20.7 Å². The fraction of sp³-hybridized carbons (Fsp3) is 0.100. The number of amides is 1. The van der Waals surface area contributed by atoms with Crippen LogP contribution in [0.1, 0.15) is 6.92 Å². The second-order valence-electron chi connectivity index (χ2n) is 6.34. The van der Waals surface area contributed by atoms with Gasteiger partial charge in [0.2, 0.25) is 11.8 Å². The second kappa shape index (κ2) is 9.82. The van der Waals surface area contributed by atoms with Gasteiger partial charge in [-0.25, -0.2) is 4.98 Å². The number of hydrogen-bond acceptors (Lipinski definition) is 6. The van der Waals surface area contributed by atoms with Crippen molar-refractivity contribution in [2.75, 3.05) is 10.6 Å². The summed E-state index contributed by atoms with van der Waals surface area (Å²) in [6.07, 6.45) is 1.43. The van der Waals surface area contributed by atoms with Crippen molar-refractivity contribution in [3.8, 4) is 11.6 Å². The molecule has 2 N–H and O–H groups in total. The van der Waals surface area contributed by atoms with E-state index in [4.69, 9.17) is 39.5 Å². The van der Waals surface area contributed by atoms with Crippen molar-refractivity contribution in [2.45, 2.75) is 13.0 Å². The Morgan fingerprint density at radius 3 is 2.42 bits per heavy atom. The molecule has 3 rings (SSSR count). The van der Waals surface area contributed by atoms with E-state index in [-0.39, 0.29) is 33.2 Å². The molecular weight excluding hydrogens is 467 g/mol. The molecule has 1 amide bonds. The Morgan fingerprint density at radius 1 is 1.10 bits per heavy atom. The van der Waals surface area contributed by atoms with E-state index in [2.05, 4.69) is 15.6 Å². The zero-order chi connectivity index (χ0) is 22.5. The number of nitrogens with zero attached hydrogens (tertiary/aromatic N) is 2. The van der Waals surface area contributed by atoms with E-state index in [0.717, 1.165) is 0 Å². The minimum absolute atomic E-state index is 0.0747. The van der Waals surface area contributed by atoms with Crippen molar-refractivity contribution >= 4 is 57.8 Å². The molecule has 1 aromatic heterocycles. The number of aromatic nitrogens is 1. The third-order valence-electron chi connectivity index (χ3n) is 4.04. The normalized spacial score (nSPS) is 11.5. The van der Waals surface area contributed by atoms with Crippen LogP contribution in [-0.4, -0.2) is 21.9 Å². The number of non-ortho nitro benzene ring substituents is 1. The number of carbonyl (C=O) groups excluding carboxylic acids is 1. The number of anilines is 2. The number of halogens is 3. The highest BCUT2D eigenvalue weighted by atomic mass is 35.5. The summed E-state index contributed by atoms with van der Waals surface area (Å²) in [7, 11) is 0. The first-order chi connectivity index (χ1) is 14.7. The smallest absolute Gasteiger partial charge is 0.271 e. The van der Waals surface area contributed by atoms with Crippen LogP contribution < -0.4 is 15.4 Å². The molecule has 8 nitrogen and oxygen atoms in total. The lowest BCUT2D eigenvalue weighted by Crippen LogP contribution is -2.31. The molecule has 31 heavy (non-hydrogen) atoms. The molecule has 0 aliphatic heterocycles. The van der Waals surface area contributed by atoms with Gasteiger partial charge in [-0.05, 0) is 43.3 Å². The predicted molar refractivity (Wildman–Crippen MR) is 121 cm³/mol. The van der Waals surface area contributed by atoms with Crippen LogP contribution in [0.4, 0.5) is 17.1 Å². The Kier molecular flexibility index (Phi) is 7.17.